The molecule has 3 aliphatic carbocycles. The predicted molar refractivity (Wildman–Crippen MR) is 61.5 cm³/mol. The maximum absolute atomic E-state index is 11.2. The van der Waals surface area contributed by atoms with E-state index in [4.69, 9.17) is 0 Å². The minimum Gasteiger partial charge on any atom is -0.389 e. The van der Waals surface area contributed by atoms with Gasteiger partial charge in [-0.2, -0.15) is 0 Å². The summed E-state index contributed by atoms with van der Waals surface area (Å²) >= 11 is 0. The molecule has 0 aromatic rings. The van der Waals surface area contributed by atoms with Crippen molar-refractivity contribution in [1.82, 2.24) is 0 Å². The Balaban J connectivity index is 2.10. The zero-order valence-electron chi connectivity index (χ0n) is 10.3. The maximum Gasteiger partial charge on any atom is 0.0762 e. The van der Waals surface area contributed by atoms with Crippen molar-refractivity contribution < 1.29 is 5.11 Å². The van der Waals surface area contributed by atoms with E-state index < -0.39 is 0 Å². The van der Waals surface area contributed by atoms with E-state index in [1.807, 2.05) is 0 Å². The SMILES string of the molecule is CC1(C)C[C@]2(C)CC[C@@H]3CCC[C@H]1[C@]32O. The minimum absolute atomic E-state index is 0.228. The van der Waals surface area contributed by atoms with Gasteiger partial charge in [-0.15, -0.1) is 0 Å². The Kier molecular flexibility index (Phi) is 1.77. The molecule has 0 aliphatic heterocycles. The molecule has 0 radical (unpaired) electrons. The van der Waals surface area contributed by atoms with E-state index in [1.165, 1.54) is 38.5 Å². The smallest absolute Gasteiger partial charge is 0.0762 e. The number of aliphatic hydroxyl groups is 1. The van der Waals surface area contributed by atoms with Gasteiger partial charge in [-0.25, -0.2) is 0 Å². The molecule has 0 spiro atoms. The molecule has 1 N–H and O–H groups in total. The van der Waals surface area contributed by atoms with Gasteiger partial charge in [0, 0.05) is 0 Å². The fraction of sp³-hybridized carbons (Fsp3) is 1.00. The van der Waals surface area contributed by atoms with Crippen LogP contribution in [0.2, 0.25) is 0 Å². The third kappa shape index (κ3) is 0.988. The molecular formula is C14H24O. The van der Waals surface area contributed by atoms with Crippen LogP contribution in [0.25, 0.3) is 0 Å². The van der Waals surface area contributed by atoms with E-state index in [0.29, 0.717) is 17.3 Å². The molecule has 86 valence electrons. The van der Waals surface area contributed by atoms with Crippen LogP contribution in [0.1, 0.15) is 59.3 Å². The van der Waals surface area contributed by atoms with Gasteiger partial charge in [0.15, 0.2) is 0 Å². The first-order chi connectivity index (χ1) is 6.90. The van der Waals surface area contributed by atoms with Crippen molar-refractivity contribution >= 4 is 0 Å². The fourth-order valence-corrected chi connectivity index (χ4v) is 5.61. The standard InChI is InChI=1S/C14H24O/c1-12(2)9-13(3)8-7-10-5-4-6-11(12)14(10,13)15/h10-11,15H,4-9H2,1-3H3/t10-,11+,13-,14+/m0/s1. The number of rotatable bonds is 0. The Labute approximate surface area is 93.3 Å². The van der Waals surface area contributed by atoms with Crippen LogP contribution < -0.4 is 0 Å². The molecule has 0 unspecified atom stereocenters. The number of hydrogen-bond donors (Lipinski definition) is 1. The summed E-state index contributed by atoms with van der Waals surface area (Å²) in [6, 6.07) is 0. The van der Waals surface area contributed by atoms with Crippen LogP contribution in [-0.4, -0.2) is 10.7 Å². The zero-order chi connectivity index (χ0) is 10.9. The second kappa shape index (κ2) is 2.61. The lowest BCUT2D eigenvalue weighted by Crippen LogP contribution is -2.50. The summed E-state index contributed by atoms with van der Waals surface area (Å²) in [4.78, 5) is 0. The highest BCUT2D eigenvalue weighted by Gasteiger charge is 2.69. The van der Waals surface area contributed by atoms with Gasteiger partial charge in [0.2, 0.25) is 0 Å². The molecule has 0 aromatic carbocycles. The monoisotopic (exact) mass is 208 g/mol. The normalized spacial score (nSPS) is 56.8. The van der Waals surface area contributed by atoms with E-state index in [0.717, 1.165) is 0 Å². The van der Waals surface area contributed by atoms with E-state index in [-0.39, 0.29) is 11.0 Å². The van der Waals surface area contributed by atoms with Gasteiger partial charge < -0.3 is 5.11 Å². The molecule has 0 heterocycles. The van der Waals surface area contributed by atoms with Crippen LogP contribution in [0.15, 0.2) is 0 Å². The van der Waals surface area contributed by atoms with Gasteiger partial charge >= 0.3 is 0 Å². The predicted octanol–water partition coefficient (Wildman–Crippen LogP) is 3.36. The van der Waals surface area contributed by atoms with Crippen LogP contribution in [0.5, 0.6) is 0 Å². The second-order valence-electron chi connectivity index (χ2n) is 7.27. The summed E-state index contributed by atoms with van der Waals surface area (Å²) in [5, 5.41) is 11.2. The lowest BCUT2D eigenvalue weighted by molar-refractivity contribution is -0.122. The van der Waals surface area contributed by atoms with Crippen LogP contribution >= 0.6 is 0 Å². The van der Waals surface area contributed by atoms with Gasteiger partial charge in [-0.05, 0) is 54.8 Å². The summed E-state index contributed by atoms with van der Waals surface area (Å²) in [7, 11) is 0. The molecule has 3 rings (SSSR count). The third-order valence-corrected chi connectivity index (χ3v) is 6.00. The summed E-state index contributed by atoms with van der Waals surface area (Å²) in [6.45, 7) is 7.10. The Hall–Kier alpha value is -0.0400. The van der Waals surface area contributed by atoms with Crippen molar-refractivity contribution in [3.63, 3.8) is 0 Å². The van der Waals surface area contributed by atoms with Crippen molar-refractivity contribution in [3.05, 3.63) is 0 Å². The molecule has 0 aromatic heterocycles. The van der Waals surface area contributed by atoms with Crippen molar-refractivity contribution in [2.45, 2.75) is 64.9 Å². The molecule has 3 fully saturated rings. The highest BCUT2D eigenvalue weighted by Crippen LogP contribution is 2.70. The zero-order valence-corrected chi connectivity index (χ0v) is 10.3. The van der Waals surface area contributed by atoms with Crippen molar-refractivity contribution in [3.8, 4) is 0 Å². The Morgan fingerprint density at radius 2 is 1.80 bits per heavy atom. The average molecular weight is 208 g/mol. The molecule has 3 saturated carbocycles. The van der Waals surface area contributed by atoms with Gasteiger partial charge in [-0.1, -0.05) is 27.2 Å². The quantitative estimate of drug-likeness (QED) is 0.647. The summed E-state index contributed by atoms with van der Waals surface area (Å²) in [5.41, 5.74) is 0.281. The van der Waals surface area contributed by atoms with Gasteiger partial charge in [0.05, 0.1) is 5.60 Å². The second-order valence-corrected chi connectivity index (χ2v) is 7.27. The van der Waals surface area contributed by atoms with E-state index in [1.54, 1.807) is 0 Å². The first-order valence-corrected chi connectivity index (χ1v) is 6.63. The van der Waals surface area contributed by atoms with Crippen molar-refractivity contribution in [2.24, 2.45) is 22.7 Å². The van der Waals surface area contributed by atoms with Crippen LogP contribution in [-0.2, 0) is 0 Å². The Bertz CT molecular complexity index is 296. The molecule has 4 atom stereocenters. The fourth-order valence-electron chi connectivity index (χ4n) is 5.61. The third-order valence-electron chi connectivity index (χ3n) is 6.00. The van der Waals surface area contributed by atoms with Gasteiger partial charge in [0.25, 0.3) is 0 Å². The molecular weight excluding hydrogens is 184 g/mol. The topological polar surface area (TPSA) is 20.2 Å². The van der Waals surface area contributed by atoms with Gasteiger partial charge in [-0.3, -0.25) is 0 Å². The molecule has 0 amide bonds. The summed E-state index contributed by atoms with van der Waals surface area (Å²) < 4.78 is 0. The lowest BCUT2D eigenvalue weighted by atomic mass is 9.63. The summed E-state index contributed by atoms with van der Waals surface area (Å²) in [5.74, 6) is 1.18. The van der Waals surface area contributed by atoms with Crippen molar-refractivity contribution in [2.75, 3.05) is 0 Å². The molecule has 0 saturated heterocycles. The first kappa shape index (κ1) is 10.1. The molecule has 0 bridgehead atoms. The molecule has 1 nitrogen and oxygen atoms in total. The average Bonchev–Trinajstić information content (AvgIpc) is 2.46. The van der Waals surface area contributed by atoms with Crippen molar-refractivity contribution in [1.29, 1.82) is 0 Å². The lowest BCUT2D eigenvalue weighted by Gasteiger charge is -2.46. The molecule has 15 heavy (non-hydrogen) atoms. The van der Waals surface area contributed by atoms with E-state index in [2.05, 4.69) is 20.8 Å². The van der Waals surface area contributed by atoms with Crippen LogP contribution in [0, 0.1) is 22.7 Å². The Morgan fingerprint density at radius 1 is 1.07 bits per heavy atom. The largest absolute Gasteiger partial charge is 0.389 e. The minimum atomic E-state index is -0.311. The first-order valence-electron chi connectivity index (χ1n) is 6.63. The number of hydrogen-bond acceptors (Lipinski definition) is 1. The summed E-state index contributed by atoms with van der Waals surface area (Å²) in [6.07, 6.45) is 7.65. The van der Waals surface area contributed by atoms with Gasteiger partial charge in [0.1, 0.15) is 0 Å². The van der Waals surface area contributed by atoms with E-state index >= 15 is 0 Å². The highest BCUT2D eigenvalue weighted by molar-refractivity contribution is 5.19. The van der Waals surface area contributed by atoms with Crippen LogP contribution in [0.4, 0.5) is 0 Å². The Morgan fingerprint density at radius 3 is 2.53 bits per heavy atom. The van der Waals surface area contributed by atoms with Crippen LogP contribution in [0.3, 0.4) is 0 Å². The highest BCUT2D eigenvalue weighted by atomic mass is 16.3. The maximum atomic E-state index is 11.2. The molecule has 1 heteroatoms. The van der Waals surface area contributed by atoms with E-state index in [9.17, 15) is 5.11 Å². The molecule has 3 aliphatic rings.